The number of hydrogen-bond donors (Lipinski definition) is 0. The van der Waals surface area contributed by atoms with E-state index in [1.165, 1.54) is 0 Å². The molecule has 1 saturated heterocycles. The number of amides is 1. The smallest absolute Gasteiger partial charge is 0.219 e. The maximum atomic E-state index is 12.1. The molecule has 0 aliphatic carbocycles. The molecule has 1 aliphatic heterocycles. The average molecular weight is 245 g/mol. The molecule has 0 atom stereocenters. The molecule has 1 amide bonds. The number of nitrogens with zero attached hydrogens (tertiary/aromatic N) is 1. The Morgan fingerprint density at radius 3 is 2.06 bits per heavy atom. The van der Waals surface area contributed by atoms with Crippen LogP contribution < -0.4 is 0 Å². The number of piperidine rings is 1. The van der Waals surface area contributed by atoms with Crippen LogP contribution in [0, 0.1) is 0 Å². The average Bonchev–Trinajstić information content (AvgIpc) is 2.39. The van der Waals surface area contributed by atoms with Crippen LogP contribution in [0.2, 0.25) is 0 Å². The first-order valence-corrected chi connectivity index (χ1v) is 6.38. The second kappa shape index (κ2) is 4.92. The topological polar surface area (TPSA) is 37.4 Å². The van der Waals surface area contributed by atoms with Crippen LogP contribution in [0.25, 0.3) is 0 Å². The van der Waals surface area contributed by atoms with Gasteiger partial charge in [-0.2, -0.15) is 0 Å². The van der Waals surface area contributed by atoms with Gasteiger partial charge in [0.05, 0.1) is 5.41 Å². The fourth-order valence-corrected chi connectivity index (χ4v) is 2.80. The van der Waals surface area contributed by atoms with Crippen molar-refractivity contribution in [2.45, 2.75) is 32.1 Å². The molecule has 0 spiro atoms. The molecule has 96 valence electrons. The van der Waals surface area contributed by atoms with Gasteiger partial charge in [-0.3, -0.25) is 9.59 Å². The molecule has 3 nitrogen and oxygen atoms in total. The summed E-state index contributed by atoms with van der Waals surface area (Å²) in [4.78, 5) is 25.3. The van der Waals surface area contributed by atoms with Crippen LogP contribution in [-0.2, 0) is 15.0 Å². The van der Waals surface area contributed by atoms with E-state index in [4.69, 9.17) is 0 Å². The molecule has 3 heteroatoms. The Morgan fingerprint density at radius 1 is 1.06 bits per heavy atom. The summed E-state index contributed by atoms with van der Waals surface area (Å²) in [5, 5.41) is 0. The lowest BCUT2D eigenvalue weighted by atomic mass is 9.70. The molecule has 18 heavy (non-hydrogen) atoms. The lowest BCUT2D eigenvalue weighted by Crippen LogP contribution is -2.47. The number of carbonyl (C=O) groups excluding carboxylic acids is 2. The largest absolute Gasteiger partial charge is 0.343 e. The monoisotopic (exact) mass is 245 g/mol. The third-order valence-corrected chi connectivity index (χ3v) is 4.06. The van der Waals surface area contributed by atoms with Gasteiger partial charge in [-0.1, -0.05) is 30.3 Å². The number of likely N-dealkylation sites (tertiary alicyclic amines) is 1. The first kappa shape index (κ1) is 12.8. The Balaban J connectivity index is 2.27. The van der Waals surface area contributed by atoms with E-state index < -0.39 is 5.41 Å². The summed E-state index contributed by atoms with van der Waals surface area (Å²) in [6.07, 6.45) is 1.46. The van der Waals surface area contributed by atoms with Crippen LogP contribution in [0.15, 0.2) is 30.3 Å². The maximum Gasteiger partial charge on any atom is 0.219 e. The van der Waals surface area contributed by atoms with E-state index in [1.807, 2.05) is 35.2 Å². The zero-order valence-electron chi connectivity index (χ0n) is 11.0. The number of rotatable bonds is 2. The zero-order chi connectivity index (χ0) is 13.2. The molecule has 0 saturated carbocycles. The van der Waals surface area contributed by atoms with Crippen molar-refractivity contribution < 1.29 is 9.59 Å². The van der Waals surface area contributed by atoms with Crippen LogP contribution in [0.3, 0.4) is 0 Å². The SMILES string of the molecule is CC(=O)N1CCC(C(C)=O)(c2ccccc2)CC1. The highest BCUT2D eigenvalue weighted by Crippen LogP contribution is 2.36. The van der Waals surface area contributed by atoms with Crippen molar-refractivity contribution in [2.24, 2.45) is 0 Å². The molecule has 0 bridgehead atoms. The van der Waals surface area contributed by atoms with Gasteiger partial charge in [0.25, 0.3) is 0 Å². The Morgan fingerprint density at radius 2 is 1.61 bits per heavy atom. The fourth-order valence-electron chi connectivity index (χ4n) is 2.80. The summed E-state index contributed by atoms with van der Waals surface area (Å²) in [5.74, 6) is 0.303. The number of Topliss-reactive ketones (excluding diaryl/α,β-unsaturated/α-hetero) is 1. The molecule has 1 aromatic carbocycles. The highest BCUT2D eigenvalue weighted by molar-refractivity contribution is 5.88. The van der Waals surface area contributed by atoms with Crippen LogP contribution in [0.1, 0.15) is 32.3 Å². The minimum atomic E-state index is -0.396. The molecule has 0 radical (unpaired) electrons. The normalized spacial score (nSPS) is 18.4. The van der Waals surface area contributed by atoms with Crippen molar-refractivity contribution in [3.63, 3.8) is 0 Å². The summed E-state index contributed by atoms with van der Waals surface area (Å²) in [6, 6.07) is 9.94. The Kier molecular flexibility index (Phi) is 3.50. The van der Waals surface area contributed by atoms with Gasteiger partial charge in [-0.15, -0.1) is 0 Å². The molecule has 1 aromatic rings. The summed E-state index contributed by atoms with van der Waals surface area (Å²) in [7, 11) is 0. The molecule has 1 fully saturated rings. The summed E-state index contributed by atoms with van der Waals surface area (Å²) in [6.45, 7) is 4.59. The van der Waals surface area contributed by atoms with Crippen molar-refractivity contribution in [1.29, 1.82) is 0 Å². The molecular formula is C15H19NO2. The predicted octanol–water partition coefficient (Wildman–Crippen LogP) is 2.16. The second-order valence-corrected chi connectivity index (χ2v) is 5.01. The standard InChI is InChI=1S/C15H19NO2/c1-12(17)15(14-6-4-3-5-7-14)8-10-16(11-9-15)13(2)18/h3-7H,8-11H2,1-2H3. The minimum Gasteiger partial charge on any atom is -0.343 e. The van der Waals surface area contributed by atoms with Crippen molar-refractivity contribution >= 4 is 11.7 Å². The van der Waals surface area contributed by atoms with Crippen LogP contribution in [-0.4, -0.2) is 29.7 Å². The van der Waals surface area contributed by atoms with E-state index in [2.05, 4.69) is 0 Å². The Hall–Kier alpha value is -1.64. The van der Waals surface area contributed by atoms with Crippen molar-refractivity contribution in [3.8, 4) is 0 Å². The number of benzene rings is 1. The van der Waals surface area contributed by atoms with Gasteiger partial charge in [-0.25, -0.2) is 0 Å². The van der Waals surface area contributed by atoms with Gasteiger partial charge in [0.1, 0.15) is 5.78 Å². The number of hydrogen-bond acceptors (Lipinski definition) is 2. The van der Waals surface area contributed by atoms with Gasteiger partial charge in [-0.05, 0) is 25.3 Å². The summed E-state index contributed by atoms with van der Waals surface area (Å²) < 4.78 is 0. The van der Waals surface area contributed by atoms with Crippen molar-refractivity contribution in [2.75, 3.05) is 13.1 Å². The maximum absolute atomic E-state index is 12.1. The van der Waals surface area contributed by atoms with E-state index >= 15 is 0 Å². The highest BCUT2D eigenvalue weighted by atomic mass is 16.2. The lowest BCUT2D eigenvalue weighted by molar-refractivity contribution is -0.133. The molecular weight excluding hydrogens is 226 g/mol. The fraction of sp³-hybridized carbons (Fsp3) is 0.467. The molecule has 1 heterocycles. The van der Waals surface area contributed by atoms with Crippen molar-refractivity contribution in [1.82, 2.24) is 4.90 Å². The molecule has 0 N–H and O–H groups in total. The minimum absolute atomic E-state index is 0.0974. The van der Waals surface area contributed by atoms with Gasteiger partial charge in [0, 0.05) is 20.0 Å². The number of carbonyl (C=O) groups is 2. The first-order valence-electron chi connectivity index (χ1n) is 6.38. The van der Waals surface area contributed by atoms with E-state index in [0.717, 1.165) is 18.4 Å². The van der Waals surface area contributed by atoms with Crippen molar-refractivity contribution in [3.05, 3.63) is 35.9 Å². The van der Waals surface area contributed by atoms with Gasteiger partial charge >= 0.3 is 0 Å². The van der Waals surface area contributed by atoms with E-state index in [1.54, 1.807) is 13.8 Å². The summed E-state index contributed by atoms with van der Waals surface area (Å²) >= 11 is 0. The zero-order valence-corrected chi connectivity index (χ0v) is 11.0. The van der Waals surface area contributed by atoms with Gasteiger partial charge in [0.2, 0.25) is 5.91 Å². The first-order chi connectivity index (χ1) is 8.56. The van der Waals surface area contributed by atoms with Crippen LogP contribution in [0.5, 0.6) is 0 Å². The highest BCUT2D eigenvalue weighted by Gasteiger charge is 2.40. The number of ketones is 1. The third kappa shape index (κ3) is 2.17. The third-order valence-electron chi connectivity index (χ3n) is 4.06. The lowest BCUT2D eigenvalue weighted by Gasteiger charge is -2.40. The quantitative estimate of drug-likeness (QED) is 0.800. The molecule has 0 aromatic heterocycles. The van der Waals surface area contributed by atoms with Crippen LogP contribution in [0.4, 0.5) is 0 Å². The van der Waals surface area contributed by atoms with E-state index in [-0.39, 0.29) is 11.7 Å². The van der Waals surface area contributed by atoms with Gasteiger partial charge < -0.3 is 4.90 Å². The Bertz CT molecular complexity index is 445. The van der Waals surface area contributed by atoms with Crippen LogP contribution >= 0.6 is 0 Å². The second-order valence-electron chi connectivity index (χ2n) is 5.01. The van der Waals surface area contributed by atoms with Gasteiger partial charge in [0.15, 0.2) is 0 Å². The van der Waals surface area contributed by atoms with E-state index in [0.29, 0.717) is 13.1 Å². The molecule has 2 rings (SSSR count). The Labute approximate surface area is 108 Å². The van der Waals surface area contributed by atoms with E-state index in [9.17, 15) is 9.59 Å². The molecule has 1 aliphatic rings. The summed E-state index contributed by atoms with van der Waals surface area (Å²) in [5.41, 5.74) is 0.688. The predicted molar refractivity (Wildman–Crippen MR) is 70.3 cm³/mol. The molecule has 0 unspecified atom stereocenters.